The lowest BCUT2D eigenvalue weighted by Gasteiger charge is -2.18. The van der Waals surface area contributed by atoms with E-state index in [0.717, 1.165) is 23.6 Å². The summed E-state index contributed by atoms with van der Waals surface area (Å²) in [6.07, 6.45) is 1.81. The highest BCUT2D eigenvalue weighted by molar-refractivity contribution is 7.09. The Kier molecular flexibility index (Phi) is 3.93. The van der Waals surface area contributed by atoms with Gasteiger partial charge in [-0.15, -0.1) is 11.3 Å². The van der Waals surface area contributed by atoms with Crippen LogP contribution in [-0.4, -0.2) is 17.0 Å². The third-order valence-corrected chi connectivity index (χ3v) is 3.83. The van der Waals surface area contributed by atoms with Gasteiger partial charge in [-0.1, -0.05) is 0 Å². The Labute approximate surface area is 111 Å². The molecule has 2 heterocycles. The van der Waals surface area contributed by atoms with Gasteiger partial charge in [0.15, 0.2) is 0 Å². The van der Waals surface area contributed by atoms with Crippen molar-refractivity contribution in [2.24, 2.45) is 5.73 Å². The lowest BCUT2D eigenvalue weighted by molar-refractivity contribution is 0.809. The molecule has 0 spiro atoms. The summed E-state index contributed by atoms with van der Waals surface area (Å²) in [5, 5.41) is 0. The summed E-state index contributed by atoms with van der Waals surface area (Å²) < 4.78 is 0. The van der Waals surface area contributed by atoms with E-state index < -0.39 is 0 Å². The summed E-state index contributed by atoms with van der Waals surface area (Å²) in [7, 11) is 2.03. The van der Waals surface area contributed by atoms with Crippen LogP contribution < -0.4 is 10.6 Å². The Hall–Kier alpha value is -1.46. The molecule has 2 N–H and O–H groups in total. The van der Waals surface area contributed by atoms with Gasteiger partial charge in [-0.2, -0.15) is 0 Å². The molecule has 0 aliphatic carbocycles. The standard InChI is InChI=1S/C13H18N4S/c1-9(14)11-4-5-15-13(6-11)17(3)7-12-10(2)16-8-18-12/h4-6,8-9H,7,14H2,1-3H3/t9-/m1/s1. The number of nitrogens with zero attached hydrogens (tertiary/aromatic N) is 3. The van der Waals surface area contributed by atoms with Crippen molar-refractivity contribution in [2.75, 3.05) is 11.9 Å². The van der Waals surface area contributed by atoms with Gasteiger partial charge in [-0.25, -0.2) is 9.97 Å². The number of anilines is 1. The Balaban J connectivity index is 2.16. The molecular weight excluding hydrogens is 244 g/mol. The second kappa shape index (κ2) is 5.46. The van der Waals surface area contributed by atoms with E-state index in [1.165, 1.54) is 4.88 Å². The van der Waals surface area contributed by atoms with Gasteiger partial charge in [0.2, 0.25) is 0 Å². The number of aromatic nitrogens is 2. The zero-order valence-corrected chi connectivity index (χ0v) is 11.7. The zero-order chi connectivity index (χ0) is 13.1. The van der Waals surface area contributed by atoms with Crippen molar-refractivity contribution in [3.63, 3.8) is 0 Å². The Morgan fingerprint density at radius 1 is 1.44 bits per heavy atom. The summed E-state index contributed by atoms with van der Waals surface area (Å²) in [6.45, 7) is 4.84. The van der Waals surface area contributed by atoms with Crippen molar-refractivity contribution in [3.8, 4) is 0 Å². The highest BCUT2D eigenvalue weighted by atomic mass is 32.1. The summed E-state index contributed by atoms with van der Waals surface area (Å²) >= 11 is 1.68. The van der Waals surface area contributed by atoms with Crippen LogP contribution in [0.2, 0.25) is 0 Å². The van der Waals surface area contributed by atoms with E-state index >= 15 is 0 Å². The molecule has 2 aromatic rings. The first-order chi connectivity index (χ1) is 8.58. The molecule has 1 atom stereocenters. The fourth-order valence-corrected chi connectivity index (χ4v) is 2.53. The van der Waals surface area contributed by atoms with Crippen LogP contribution in [0.5, 0.6) is 0 Å². The van der Waals surface area contributed by atoms with E-state index in [2.05, 4.69) is 14.9 Å². The number of rotatable bonds is 4. The van der Waals surface area contributed by atoms with Crippen LogP contribution in [0.3, 0.4) is 0 Å². The highest BCUT2D eigenvalue weighted by Gasteiger charge is 2.09. The average Bonchev–Trinajstić information content (AvgIpc) is 2.75. The molecule has 2 rings (SSSR count). The van der Waals surface area contributed by atoms with Gasteiger partial charge in [0.05, 0.1) is 17.7 Å². The number of aryl methyl sites for hydroxylation is 1. The van der Waals surface area contributed by atoms with Crippen LogP contribution in [0.25, 0.3) is 0 Å². The average molecular weight is 262 g/mol. The summed E-state index contributed by atoms with van der Waals surface area (Å²) in [5.41, 5.74) is 9.97. The van der Waals surface area contributed by atoms with Crippen molar-refractivity contribution in [1.29, 1.82) is 0 Å². The van der Waals surface area contributed by atoms with Crippen molar-refractivity contribution in [2.45, 2.75) is 26.4 Å². The molecule has 0 radical (unpaired) electrons. The van der Waals surface area contributed by atoms with E-state index in [1.54, 1.807) is 11.3 Å². The fourth-order valence-electron chi connectivity index (χ4n) is 1.70. The highest BCUT2D eigenvalue weighted by Crippen LogP contribution is 2.20. The minimum atomic E-state index is 0.0327. The fraction of sp³-hybridized carbons (Fsp3) is 0.385. The summed E-state index contributed by atoms with van der Waals surface area (Å²) in [5.74, 6) is 0.942. The lowest BCUT2D eigenvalue weighted by atomic mass is 10.1. The lowest BCUT2D eigenvalue weighted by Crippen LogP contribution is -2.18. The van der Waals surface area contributed by atoms with E-state index in [9.17, 15) is 0 Å². The van der Waals surface area contributed by atoms with Gasteiger partial charge in [0, 0.05) is 24.2 Å². The van der Waals surface area contributed by atoms with Gasteiger partial charge >= 0.3 is 0 Å². The van der Waals surface area contributed by atoms with E-state index in [4.69, 9.17) is 5.73 Å². The number of nitrogens with two attached hydrogens (primary N) is 1. The molecule has 0 unspecified atom stereocenters. The molecule has 2 aromatic heterocycles. The molecule has 18 heavy (non-hydrogen) atoms. The Morgan fingerprint density at radius 2 is 2.22 bits per heavy atom. The van der Waals surface area contributed by atoms with E-state index in [0.29, 0.717) is 0 Å². The molecule has 0 fully saturated rings. The number of pyridine rings is 1. The van der Waals surface area contributed by atoms with Crippen molar-refractivity contribution >= 4 is 17.2 Å². The third kappa shape index (κ3) is 2.86. The van der Waals surface area contributed by atoms with Crippen molar-refractivity contribution < 1.29 is 0 Å². The molecule has 0 aromatic carbocycles. The molecule has 4 nitrogen and oxygen atoms in total. The predicted molar refractivity (Wildman–Crippen MR) is 75.8 cm³/mol. The van der Waals surface area contributed by atoms with E-state index in [-0.39, 0.29) is 6.04 Å². The monoisotopic (exact) mass is 262 g/mol. The minimum absolute atomic E-state index is 0.0327. The molecule has 5 heteroatoms. The second-order valence-electron chi connectivity index (χ2n) is 4.45. The minimum Gasteiger partial charge on any atom is -0.354 e. The molecule has 0 amide bonds. The first-order valence-corrected chi connectivity index (χ1v) is 6.77. The maximum atomic E-state index is 5.89. The SMILES string of the molecule is Cc1ncsc1CN(C)c1cc([C@@H](C)N)ccn1. The predicted octanol–water partition coefficient (Wildman–Crippen LogP) is 2.50. The maximum absolute atomic E-state index is 5.89. The summed E-state index contributed by atoms with van der Waals surface area (Å²) in [4.78, 5) is 12.0. The number of hydrogen-bond acceptors (Lipinski definition) is 5. The molecule has 0 saturated heterocycles. The number of hydrogen-bond donors (Lipinski definition) is 1. The summed E-state index contributed by atoms with van der Waals surface area (Å²) in [6, 6.07) is 4.03. The van der Waals surface area contributed by atoms with Gasteiger partial charge in [-0.05, 0) is 31.5 Å². The van der Waals surface area contributed by atoms with Gasteiger partial charge in [0.1, 0.15) is 5.82 Å². The maximum Gasteiger partial charge on any atom is 0.128 e. The number of thiazole rings is 1. The van der Waals surface area contributed by atoms with Crippen LogP contribution in [0.15, 0.2) is 23.8 Å². The molecule has 0 aliphatic rings. The normalized spacial score (nSPS) is 12.4. The van der Waals surface area contributed by atoms with Crippen LogP contribution in [0, 0.1) is 6.92 Å². The molecule has 0 aliphatic heterocycles. The van der Waals surface area contributed by atoms with Crippen LogP contribution in [0.1, 0.15) is 29.1 Å². The molecule has 0 bridgehead atoms. The van der Waals surface area contributed by atoms with Crippen LogP contribution >= 0.6 is 11.3 Å². The van der Waals surface area contributed by atoms with Crippen LogP contribution in [-0.2, 0) is 6.54 Å². The largest absolute Gasteiger partial charge is 0.354 e. The zero-order valence-electron chi connectivity index (χ0n) is 10.9. The van der Waals surface area contributed by atoms with Crippen molar-refractivity contribution in [3.05, 3.63) is 40.0 Å². The molecule has 96 valence electrons. The molecular formula is C13H18N4S. The smallest absolute Gasteiger partial charge is 0.128 e. The Morgan fingerprint density at radius 3 is 2.83 bits per heavy atom. The van der Waals surface area contributed by atoms with Gasteiger partial charge in [0.25, 0.3) is 0 Å². The first-order valence-electron chi connectivity index (χ1n) is 5.89. The Bertz CT molecular complexity index is 521. The quantitative estimate of drug-likeness (QED) is 0.920. The second-order valence-corrected chi connectivity index (χ2v) is 5.39. The van der Waals surface area contributed by atoms with Crippen molar-refractivity contribution in [1.82, 2.24) is 9.97 Å². The van der Waals surface area contributed by atoms with Gasteiger partial charge < -0.3 is 10.6 Å². The van der Waals surface area contributed by atoms with Crippen LogP contribution in [0.4, 0.5) is 5.82 Å². The van der Waals surface area contributed by atoms with E-state index in [1.807, 2.05) is 44.7 Å². The third-order valence-electron chi connectivity index (χ3n) is 2.91. The topological polar surface area (TPSA) is 55.0 Å². The molecule has 0 saturated carbocycles. The first kappa shape index (κ1) is 13.0. The van der Waals surface area contributed by atoms with Gasteiger partial charge in [-0.3, -0.25) is 0 Å².